The lowest BCUT2D eigenvalue weighted by Crippen LogP contribution is -2.37. The maximum absolute atomic E-state index is 6.24. The van der Waals surface area contributed by atoms with Crippen LogP contribution in [0.2, 0.25) is 0 Å². The van der Waals surface area contributed by atoms with Crippen molar-refractivity contribution in [1.82, 2.24) is 9.97 Å². The Morgan fingerprint density at radius 1 is 0.885 bits per heavy atom. The third-order valence-electron chi connectivity index (χ3n) is 5.31. The van der Waals surface area contributed by atoms with Crippen LogP contribution in [0.3, 0.4) is 0 Å². The highest BCUT2D eigenvalue weighted by atomic mass is 16.5. The summed E-state index contributed by atoms with van der Waals surface area (Å²) in [5.74, 6) is 1.42. The molecule has 0 aliphatic carbocycles. The van der Waals surface area contributed by atoms with Gasteiger partial charge in [0.1, 0.15) is 5.82 Å². The maximum atomic E-state index is 6.24. The molecule has 148 valence electrons. The molecule has 0 saturated carbocycles. The molecule has 1 aromatic rings. The number of nitrogen functional groups attached to an aromatic ring is 1. The number of morpholine rings is 1. The predicted octanol–water partition coefficient (Wildman–Crippen LogP) is 4.67. The van der Waals surface area contributed by atoms with E-state index in [1.54, 1.807) is 0 Å². The van der Waals surface area contributed by atoms with E-state index in [1.165, 1.54) is 64.2 Å². The van der Waals surface area contributed by atoms with Crippen LogP contribution in [0, 0.1) is 6.92 Å². The number of hydrogen-bond acceptors (Lipinski definition) is 5. The highest BCUT2D eigenvalue weighted by Gasteiger charge is 2.16. The molecule has 0 bridgehead atoms. The summed E-state index contributed by atoms with van der Waals surface area (Å²) < 4.78 is 5.39. The molecule has 2 heterocycles. The van der Waals surface area contributed by atoms with Gasteiger partial charge in [0, 0.05) is 24.3 Å². The molecule has 0 spiro atoms. The van der Waals surface area contributed by atoms with Crippen molar-refractivity contribution < 1.29 is 4.74 Å². The fourth-order valence-electron chi connectivity index (χ4n) is 3.61. The first kappa shape index (κ1) is 20.9. The number of unbranched alkanes of at least 4 members (excludes halogenated alkanes) is 9. The highest BCUT2D eigenvalue weighted by molar-refractivity contribution is 5.48. The van der Waals surface area contributed by atoms with Crippen molar-refractivity contribution in [1.29, 1.82) is 0 Å². The molecule has 1 saturated heterocycles. The molecule has 0 amide bonds. The van der Waals surface area contributed by atoms with Gasteiger partial charge in [-0.1, -0.05) is 64.7 Å². The molecule has 0 unspecified atom stereocenters. The summed E-state index contributed by atoms with van der Waals surface area (Å²) in [6.45, 7) is 7.50. The van der Waals surface area contributed by atoms with Crippen molar-refractivity contribution in [2.75, 3.05) is 36.9 Å². The molecule has 26 heavy (non-hydrogen) atoms. The van der Waals surface area contributed by atoms with Gasteiger partial charge in [-0.2, -0.15) is 4.98 Å². The van der Waals surface area contributed by atoms with E-state index in [4.69, 9.17) is 15.5 Å². The summed E-state index contributed by atoms with van der Waals surface area (Å²) >= 11 is 0. The van der Waals surface area contributed by atoms with Gasteiger partial charge in [-0.15, -0.1) is 0 Å². The Kier molecular flexibility index (Phi) is 9.75. The largest absolute Gasteiger partial charge is 0.383 e. The van der Waals surface area contributed by atoms with Crippen molar-refractivity contribution in [3.05, 3.63) is 11.3 Å². The lowest BCUT2D eigenvalue weighted by atomic mass is 10.0. The Balaban J connectivity index is 1.66. The minimum atomic E-state index is 0.662. The maximum Gasteiger partial charge on any atom is 0.227 e. The Bertz CT molecular complexity index is 492. The second-order valence-electron chi connectivity index (χ2n) is 7.50. The van der Waals surface area contributed by atoms with Crippen molar-refractivity contribution >= 4 is 11.8 Å². The number of ether oxygens (including phenoxy) is 1. The molecule has 0 radical (unpaired) electrons. The molecular weight excluding hydrogens is 324 g/mol. The summed E-state index contributed by atoms with van der Waals surface area (Å²) in [4.78, 5) is 11.4. The van der Waals surface area contributed by atoms with Crippen LogP contribution in [0.1, 0.15) is 82.4 Å². The zero-order valence-corrected chi connectivity index (χ0v) is 16.9. The van der Waals surface area contributed by atoms with Crippen LogP contribution < -0.4 is 10.6 Å². The Morgan fingerprint density at radius 2 is 1.46 bits per heavy atom. The number of aryl methyl sites for hydroxylation is 1. The molecule has 0 atom stereocenters. The van der Waals surface area contributed by atoms with Gasteiger partial charge in [-0.3, -0.25) is 0 Å². The average molecular weight is 363 g/mol. The lowest BCUT2D eigenvalue weighted by molar-refractivity contribution is 0.122. The van der Waals surface area contributed by atoms with E-state index in [2.05, 4.69) is 23.7 Å². The minimum absolute atomic E-state index is 0.662. The van der Waals surface area contributed by atoms with Gasteiger partial charge in [0.2, 0.25) is 5.95 Å². The molecule has 0 aromatic carbocycles. The SMILES string of the molecule is CCCCCCCCCCCCc1c(C)nc(N2CCOCC2)nc1N. The number of nitrogens with two attached hydrogens (primary N) is 1. The van der Waals surface area contributed by atoms with E-state index in [0.717, 1.165) is 49.9 Å². The van der Waals surface area contributed by atoms with E-state index in [9.17, 15) is 0 Å². The highest BCUT2D eigenvalue weighted by Crippen LogP contribution is 2.21. The van der Waals surface area contributed by atoms with E-state index < -0.39 is 0 Å². The smallest absolute Gasteiger partial charge is 0.227 e. The zero-order chi connectivity index (χ0) is 18.6. The van der Waals surface area contributed by atoms with Crippen molar-refractivity contribution in [2.45, 2.75) is 84.5 Å². The minimum Gasteiger partial charge on any atom is -0.383 e. The first-order valence-corrected chi connectivity index (χ1v) is 10.7. The van der Waals surface area contributed by atoms with Gasteiger partial charge in [-0.25, -0.2) is 4.98 Å². The quantitative estimate of drug-likeness (QED) is 0.548. The van der Waals surface area contributed by atoms with E-state index in [-0.39, 0.29) is 0 Å². The van der Waals surface area contributed by atoms with Gasteiger partial charge in [-0.05, 0) is 19.8 Å². The lowest BCUT2D eigenvalue weighted by Gasteiger charge is -2.27. The molecule has 2 rings (SSSR count). The Labute approximate surface area is 159 Å². The number of aromatic nitrogens is 2. The van der Waals surface area contributed by atoms with Crippen LogP contribution in [-0.2, 0) is 11.2 Å². The zero-order valence-electron chi connectivity index (χ0n) is 16.9. The fraction of sp³-hybridized carbons (Fsp3) is 0.810. The second kappa shape index (κ2) is 12.1. The molecule has 1 aliphatic heterocycles. The van der Waals surface area contributed by atoms with Crippen LogP contribution in [0.5, 0.6) is 0 Å². The molecular formula is C21H38N4O. The van der Waals surface area contributed by atoms with Gasteiger partial charge in [0.05, 0.1) is 13.2 Å². The normalized spacial score (nSPS) is 14.8. The summed E-state index contributed by atoms with van der Waals surface area (Å²) in [6, 6.07) is 0. The standard InChI is InChI=1S/C21H38N4O/c1-3-4-5-6-7-8-9-10-11-12-13-19-18(2)23-21(24-20(19)22)25-14-16-26-17-15-25/h3-17H2,1-2H3,(H2,22,23,24). The van der Waals surface area contributed by atoms with Gasteiger partial charge in [0.25, 0.3) is 0 Å². The predicted molar refractivity (Wildman–Crippen MR) is 110 cm³/mol. The third kappa shape index (κ3) is 7.10. The third-order valence-corrected chi connectivity index (χ3v) is 5.31. The van der Waals surface area contributed by atoms with Crippen molar-refractivity contribution in [3.8, 4) is 0 Å². The van der Waals surface area contributed by atoms with Crippen LogP contribution >= 0.6 is 0 Å². The molecule has 1 aromatic heterocycles. The van der Waals surface area contributed by atoms with E-state index in [0.29, 0.717) is 5.82 Å². The summed E-state index contributed by atoms with van der Waals surface area (Å²) in [5.41, 5.74) is 8.42. The number of anilines is 2. The van der Waals surface area contributed by atoms with Crippen molar-refractivity contribution in [2.24, 2.45) is 0 Å². The molecule has 1 aliphatic rings. The number of hydrogen-bond donors (Lipinski definition) is 1. The van der Waals surface area contributed by atoms with E-state index >= 15 is 0 Å². The van der Waals surface area contributed by atoms with Crippen LogP contribution in [-0.4, -0.2) is 36.3 Å². The van der Waals surface area contributed by atoms with Crippen LogP contribution in [0.25, 0.3) is 0 Å². The first-order valence-electron chi connectivity index (χ1n) is 10.7. The molecule has 1 fully saturated rings. The fourth-order valence-corrected chi connectivity index (χ4v) is 3.61. The number of rotatable bonds is 12. The van der Waals surface area contributed by atoms with Crippen molar-refractivity contribution in [3.63, 3.8) is 0 Å². The van der Waals surface area contributed by atoms with Gasteiger partial charge >= 0.3 is 0 Å². The van der Waals surface area contributed by atoms with Gasteiger partial charge in [0.15, 0.2) is 0 Å². The second-order valence-corrected chi connectivity index (χ2v) is 7.50. The topological polar surface area (TPSA) is 64.3 Å². The van der Waals surface area contributed by atoms with Crippen LogP contribution in [0.4, 0.5) is 11.8 Å². The Morgan fingerprint density at radius 3 is 2.04 bits per heavy atom. The summed E-state index contributed by atoms with van der Waals surface area (Å²) in [5, 5.41) is 0. The summed E-state index contributed by atoms with van der Waals surface area (Å²) in [6.07, 6.45) is 14.5. The van der Waals surface area contributed by atoms with Crippen LogP contribution in [0.15, 0.2) is 0 Å². The average Bonchev–Trinajstić information content (AvgIpc) is 2.65. The Hall–Kier alpha value is -1.36. The van der Waals surface area contributed by atoms with E-state index in [1.807, 2.05) is 0 Å². The monoisotopic (exact) mass is 362 g/mol. The summed E-state index contributed by atoms with van der Waals surface area (Å²) in [7, 11) is 0. The molecule has 5 heteroatoms. The van der Waals surface area contributed by atoms with Gasteiger partial charge < -0.3 is 15.4 Å². The molecule has 2 N–H and O–H groups in total. The number of nitrogens with zero attached hydrogens (tertiary/aromatic N) is 3. The molecule has 5 nitrogen and oxygen atoms in total. The first-order chi connectivity index (χ1) is 12.7.